The topological polar surface area (TPSA) is 61.9 Å². The molecule has 2 saturated heterocycles. The fraction of sp³-hybridized carbons (Fsp3) is 0.818. The Labute approximate surface area is 101 Å². The highest BCUT2D eigenvalue weighted by atomic mass is 16.5. The van der Waals surface area contributed by atoms with Crippen molar-refractivity contribution in [1.29, 1.82) is 0 Å². The molecule has 0 saturated carbocycles. The molecule has 0 bridgehead atoms. The van der Waals surface area contributed by atoms with E-state index < -0.39 is 0 Å². The Balaban J connectivity index is 1.69. The van der Waals surface area contributed by atoms with Crippen LogP contribution < -0.4 is 5.32 Å². The largest absolute Gasteiger partial charge is 0.378 e. The number of hydrogen-bond acceptors (Lipinski definition) is 3. The number of carbonyl (C=O) groups is 2. The molecule has 96 valence electrons. The quantitative estimate of drug-likeness (QED) is 0.719. The van der Waals surface area contributed by atoms with Crippen molar-refractivity contribution in [2.24, 2.45) is 0 Å². The highest BCUT2D eigenvalue weighted by Crippen LogP contribution is 2.06. The van der Waals surface area contributed by atoms with Crippen molar-refractivity contribution < 1.29 is 14.3 Å². The molecular weight excluding hydrogens is 222 g/mol. The monoisotopic (exact) mass is 241 g/mol. The van der Waals surface area contributed by atoms with Gasteiger partial charge in [0.1, 0.15) is 0 Å². The molecule has 2 rings (SSSR count). The molecular formula is C11H19N3O3. The second kappa shape index (κ2) is 5.86. The molecule has 2 fully saturated rings. The standard InChI is InChI=1S/C11H19N3O3/c15-10(13-3-1-2-4-13)9-12-11(16)14-5-7-17-8-6-14/h1-9H2,(H,12,16). The summed E-state index contributed by atoms with van der Waals surface area (Å²) in [5, 5.41) is 2.67. The number of likely N-dealkylation sites (tertiary alicyclic amines) is 1. The number of nitrogens with zero attached hydrogens (tertiary/aromatic N) is 2. The first-order chi connectivity index (χ1) is 8.27. The average Bonchev–Trinajstić information content (AvgIpc) is 2.90. The molecule has 6 heteroatoms. The minimum absolute atomic E-state index is 0.0177. The molecule has 2 heterocycles. The van der Waals surface area contributed by atoms with Crippen LogP contribution in [0.3, 0.4) is 0 Å². The molecule has 17 heavy (non-hydrogen) atoms. The second-order valence-electron chi connectivity index (χ2n) is 4.35. The molecule has 0 unspecified atom stereocenters. The van der Waals surface area contributed by atoms with Crippen molar-refractivity contribution in [3.8, 4) is 0 Å². The minimum Gasteiger partial charge on any atom is -0.378 e. The van der Waals surface area contributed by atoms with Gasteiger partial charge in [0, 0.05) is 26.2 Å². The maximum atomic E-state index is 11.7. The summed E-state index contributed by atoms with van der Waals surface area (Å²) in [6, 6.07) is -0.166. The molecule has 0 aromatic carbocycles. The van der Waals surface area contributed by atoms with E-state index in [9.17, 15) is 9.59 Å². The van der Waals surface area contributed by atoms with Gasteiger partial charge < -0.3 is 19.9 Å². The van der Waals surface area contributed by atoms with E-state index in [0.29, 0.717) is 26.3 Å². The summed E-state index contributed by atoms with van der Waals surface area (Å²) in [5.74, 6) is 0.0177. The van der Waals surface area contributed by atoms with Gasteiger partial charge in [-0.15, -0.1) is 0 Å². The SMILES string of the molecule is O=C(CNC(=O)N1CCOCC1)N1CCCC1. The van der Waals surface area contributed by atoms with E-state index in [1.165, 1.54) is 0 Å². The number of hydrogen-bond donors (Lipinski definition) is 1. The smallest absolute Gasteiger partial charge is 0.317 e. The Morgan fingerprint density at radius 1 is 1.00 bits per heavy atom. The van der Waals surface area contributed by atoms with Crippen molar-refractivity contribution in [2.45, 2.75) is 12.8 Å². The van der Waals surface area contributed by atoms with E-state index in [0.717, 1.165) is 25.9 Å². The van der Waals surface area contributed by atoms with E-state index in [1.54, 1.807) is 9.80 Å². The van der Waals surface area contributed by atoms with E-state index in [4.69, 9.17) is 4.74 Å². The Hall–Kier alpha value is -1.30. The third kappa shape index (κ3) is 3.33. The van der Waals surface area contributed by atoms with Gasteiger partial charge in [0.15, 0.2) is 0 Å². The van der Waals surface area contributed by atoms with Gasteiger partial charge in [-0.2, -0.15) is 0 Å². The lowest BCUT2D eigenvalue weighted by atomic mass is 10.4. The fourth-order valence-electron chi connectivity index (χ4n) is 2.11. The van der Waals surface area contributed by atoms with Crippen LogP contribution in [0.1, 0.15) is 12.8 Å². The van der Waals surface area contributed by atoms with Crippen molar-refractivity contribution in [3.63, 3.8) is 0 Å². The van der Waals surface area contributed by atoms with Gasteiger partial charge in [0.05, 0.1) is 19.8 Å². The third-order valence-electron chi connectivity index (χ3n) is 3.15. The van der Waals surface area contributed by atoms with Gasteiger partial charge >= 0.3 is 6.03 Å². The number of ether oxygens (including phenoxy) is 1. The summed E-state index contributed by atoms with van der Waals surface area (Å²) in [7, 11) is 0. The number of morpholine rings is 1. The summed E-state index contributed by atoms with van der Waals surface area (Å²) in [6.07, 6.45) is 2.15. The van der Waals surface area contributed by atoms with Crippen LogP contribution in [0, 0.1) is 0 Å². The third-order valence-corrected chi connectivity index (χ3v) is 3.15. The summed E-state index contributed by atoms with van der Waals surface area (Å²) >= 11 is 0. The zero-order chi connectivity index (χ0) is 12.1. The normalized spacial score (nSPS) is 20.5. The molecule has 6 nitrogen and oxygen atoms in total. The zero-order valence-electron chi connectivity index (χ0n) is 9.98. The van der Waals surface area contributed by atoms with Gasteiger partial charge in [0.2, 0.25) is 5.91 Å². The molecule has 0 radical (unpaired) electrons. The molecule has 0 spiro atoms. The fourth-order valence-corrected chi connectivity index (χ4v) is 2.11. The van der Waals surface area contributed by atoms with Crippen LogP contribution in [-0.2, 0) is 9.53 Å². The van der Waals surface area contributed by atoms with E-state index in [1.807, 2.05) is 0 Å². The van der Waals surface area contributed by atoms with E-state index in [2.05, 4.69) is 5.32 Å². The van der Waals surface area contributed by atoms with Crippen LogP contribution in [-0.4, -0.2) is 67.7 Å². The van der Waals surface area contributed by atoms with E-state index in [-0.39, 0.29) is 18.5 Å². The Kier molecular flexibility index (Phi) is 4.19. The van der Waals surface area contributed by atoms with Crippen LogP contribution in [0.4, 0.5) is 4.79 Å². The Morgan fingerprint density at radius 2 is 1.65 bits per heavy atom. The first kappa shape index (κ1) is 12.2. The lowest BCUT2D eigenvalue weighted by Gasteiger charge is -2.27. The van der Waals surface area contributed by atoms with Gasteiger partial charge in [0.25, 0.3) is 0 Å². The lowest BCUT2D eigenvalue weighted by molar-refractivity contribution is -0.129. The Bertz CT molecular complexity index is 284. The van der Waals surface area contributed by atoms with Gasteiger partial charge in [-0.3, -0.25) is 4.79 Å². The molecule has 0 aromatic heterocycles. The molecule has 0 aliphatic carbocycles. The summed E-state index contributed by atoms with van der Waals surface area (Å²) in [5.41, 5.74) is 0. The Morgan fingerprint density at radius 3 is 2.29 bits per heavy atom. The predicted molar refractivity (Wildman–Crippen MR) is 61.6 cm³/mol. The summed E-state index contributed by atoms with van der Waals surface area (Å²) in [4.78, 5) is 26.9. The van der Waals surface area contributed by atoms with Crippen molar-refractivity contribution in [2.75, 3.05) is 45.9 Å². The first-order valence-electron chi connectivity index (χ1n) is 6.15. The number of rotatable bonds is 2. The number of urea groups is 1. The van der Waals surface area contributed by atoms with Gasteiger partial charge in [-0.1, -0.05) is 0 Å². The average molecular weight is 241 g/mol. The maximum Gasteiger partial charge on any atom is 0.317 e. The molecule has 1 N–H and O–H groups in total. The maximum absolute atomic E-state index is 11.7. The number of amides is 3. The molecule has 0 atom stereocenters. The summed E-state index contributed by atoms with van der Waals surface area (Å²) in [6.45, 7) is 4.11. The van der Waals surface area contributed by atoms with Crippen molar-refractivity contribution in [3.05, 3.63) is 0 Å². The lowest BCUT2D eigenvalue weighted by Crippen LogP contribution is -2.48. The van der Waals surface area contributed by atoms with Crippen LogP contribution in [0.2, 0.25) is 0 Å². The van der Waals surface area contributed by atoms with Crippen molar-refractivity contribution >= 4 is 11.9 Å². The van der Waals surface area contributed by atoms with Crippen LogP contribution >= 0.6 is 0 Å². The predicted octanol–water partition coefficient (Wildman–Crippen LogP) is -0.349. The molecule has 0 aromatic rings. The van der Waals surface area contributed by atoms with Crippen molar-refractivity contribution in [1.82, 2.24) is 15.1 Å². The number of carbonyl (C=O) groups excluding carboxylic acids is 2. The zero-order valence-corrected chi connectivity index (χ0v) is 9.98. The molecule has 2 aliphatic rings. The first-order valence-corrected chi connectivity index (χ1v) is 6.15. The van der Waals surface area contributed by atoms with Crippen LogP contribution in [0.5, 0.6) is 0 Å². The van der Waals surface area contributed by atoms with E-state index >= 15 is 0 Å². The molecule has 2 aliphatic heterocycles. The van der Waals surface area contributed by atoms with Crippen LogP contribution in [0.25, 0.3) is 0 Å². The highest BCUT2D eigenvalue weighted by Gasteiger charge is 2.20. The minimum atomic E-state index is -0.166. The van der Waals surface area contributed by atoms with Gasteiger partial charge in [-0.25, -0.2) is 4.79 Å². The number of nitrogens with one attached hydrogen (secondary N) is 1. The van der Waals surface area contributed by atoms with Crippen LogP contribution in [0.15, 0.2) is 0 Å². The summed E-state index contributed by atoms with van der Waals surface area (Å²) < 4.78 is 5.16. The van der Waals surface area contributed by atoms with Gasteiger partial charge in [-0.05, 0) is 12.8 Å². The second-order valence-corrected chi connectivity index (χ2v) is 4.35. The molecule has 3 amide bonds. The highest BCUT2D eigenvalue weighted by molar-refractivity contribution is 5.84.